The molecule has 1 aromatic carbocycles. The highest BCUT2D eigenvalue weighted by Crippen LogP contribution is 2.37. The molecule has 1 aliphatic rings. The van der Waals surface area contributed by atoms with E-state index in [-0.39, 0.29) is 6.61 Å². The third-order valence-corrected chi connectivity index (χ3v) is 5.63. The standard InChI is InChI=1S/C18H22N2O4S/c1-24-15-5-2-4-13(8-15)9-18(16(22)23)6-3-7-20(12-18)17-19-14(10-21)11-25-17/h2,4-5,8,11,21H,3,6-7,9-10,12H2,1H3,(H,22,23)/t18-/m0/s1. The molecule has 6 nitrogen and oxygen atoms in total. The predicted molar refractivity (Wildman–Crippen MR) is 96.3 cm³/mol. The van der Waals surface area contributed by atoms with Gasteiger partial charge in [-0.3, -0.25) is 4.79 Å². The Bertz CT molecular complexity index is 748. The van der Waals surface area contributed by atoms with Gasteiger partial charge in [-0.05, 0) is 37.0 Å². The van der Waals surface area contributed by atoms with Gasteiger partial charge in [-0.1, -0.05) is 12.1 Å². The van der Waals surface area contributed by atoms with Gasteiger partial charge in [-0.15, -0.1) is 11.3 Å². The minimum Gasteiger partial charge on any atom is -0.497 e. The van der Waals surface area contributed by atoms with Gasteiger partial charge in [0.15, 0.2) is 5.13 Å². The molecule has 0 spiro atoms. The molecule has 0 unspecified atom stereocenters. The molecule has 0 bridgehead atoms. The van der Waals surface area contributed by atoms with Crippen LogP contribution in [0.5, 0.6) is 5.75 Å². The number of aromatic nitrogens is 1. The Hall–Kier alpha value is -2.12. The summed E-state index contributed by atoms with van der Waals surface area (Å²) in [5.74, 6) is -0.0443. The number of carboxylic acids is 1. The summed E-state index contributed by atoms with van der Waals surface area (Å²) in [6, 6.07) is 7.59. The van der Waals surface area contributed by atoms with Gasteiger partial charge < -0.3 is 19.8 Å². The van der Waals surface area contributed by atoms with Crippen molar-refractivity contribution in [3.63, 3.8) is 0 Å². The largest absolute Gasteiger partial charge is 0.497 e. The number of aliphatic hydroxyl groups is 1. The molecular weight excluding hydrogens is 340 g/mol. The number of hydrogen-bond donors (Lipinski definition) is 2. The van der Waals surface area contributed by atoms with Crippen molar-refractivity contribution >= 4 is 22.4 Å². The molecular formula is C18H22N2O4S. The van der Waals surface area contributed by atoms with Crippen LogP contribution >= 0.6 is 11.3 Å². The van der Waals surface area contributed by atoms with E-state index in [0.717, 1.165) is 29.4 Å². The Balaban J connectivity index is 1.84. The summed E-state index contributed by atoms with van der Waals surface area (Å²) < 4.78 is 5.25. The third kappa shape index (κ3) is 3.77. The van der Waals surface area contributed by atoms with E-state index in [2.05, 4.69) is 4.98 Å². The zero-order valence-electron chi connectivity index (χ0n) is 14.1. The molecule has 2 heterocycles. The van der Waals surface area contributed by atoms with Crippen molar-refractivity contribution in [3.05, 3.63) is 40.9 Å². The van der Waals surface area contributed by atoms with Crippen molar-refractivity contribution in [2.24, 2.45) is 5.41 Å². The second kappa shape index (κ2) is 7.41. The summed E-state index contributed by atoms with van der Waals surface area (Å²) in [6.45, 7) is 1.10. The smallest absolute Gasteiger partial charge is 0.311 e. The lowest BCUT2D eigenvalue weighted by molar-refractivity contribution is -0.149. The molecule has 0 amide bonds. The van der Waals surface area contributed by atoms with Crippen LogP contribution in [0.25, 0.3) is 0 Å². The number of methoxy groups -OCH3 is 1. The van der Waals surface area contributed by atoms with Crippen molar-refractivity contribution in [3.8, 4) is 5.75 Å². The van der Waals surface area contributed by atoms with Gasteiger partial charge in [0.25, 0.3) is 0 Å². The third-order valence-electron chi connectivity index (χ3n) is 4.68. The number of carboxylic acid groups (broad SMARTS) is 1. The highest BCUT2D eigenvalue weighted by molar-refractivity contribution is 7.13. The van der Waals surface area contributed by atoms with Gasteiger partial charge in [-0.25, -0.2) is 4.98 Å². The van der Waals surface area contributed by atoms with E-state index in [1.807, 2.05) is 34.5 Å². The van der Waals surface area contributed by atoms with Crippen molar-refractivity contribution in [1.82, 2.24) is 4.98 Å². The number of carbonyl (C=O) groups is 1. The van der Waals surface area contributed by atoms with E-state index in [0.29, 0.717) is 25.1 Å². The molecule has 1 fully saturated rings. The Kier molecular flexibility index (Phi) is 5.24. The van der Waals surface area contributed by atoms with Gasteiger partial charge >= 0.3 is 5.97 Å². The first-order chi connectivity index (χ1) is 12.1. The number of hydrogen-bond acceptors (Lipinski definition) is 6. The highest BCUT2D eigenvalue weighted by atomic mass is 32.1. The Morgan fingerprint density at radius 2 is 2.32 bits per heavy atom. The van der Waals surface area contributed by atoms with Gasteiger partial charge in [0.05, 0.1) is 24.8 Å². The van der Waals surface area contributed by atoms with Crippen LogP contribution in [0.1, 0.15) is 24.1 Å². The first-order valence-electron chi connectivity index (χ1n) is 8.23. The van der Waals surface area contributed by atoms with Crippen molar-refractivity contribution < 1.29 is 19.7 Å². The van der Waals surface area contributed by atoms with E-state index in [4.69, 9.17) is 4.74 Å². The second-order valence-corrected chi connectivity index (χ2v) is 7.25. The molecule has 2 aromatic rings. The van der Waals surface area contributed by atoms with Gasteiger partial charge in [0, 0.05) is 18.5 Å². The van der Waals surface area contributed by atoms with Crippen molar-refractivity contribution in [2.45, 2.75) is 25.9 Å². The van der Waals surface area contributed by atoms with Crippen LogP contribution in [0.15, 0.2) is 29.6 Å². The molecule has 7 heteroatoms. The summed E-state index contributed by atoms with van der Waals surface area (Å²) >= 11 is 1.45. The molecule has 134 valence electrons. The minimum atomic E-state index is -0.852. The van der Waals surface area contributed by atoms with Crippen LogP contribution in [0, 0.1) is 5.41 Å². The first kappa shape index (κ1) is 17.7. The fraction of sp³-hybridized carbons (Fsp3) is 0.444. The Labute approximate surface area is 150 Å². The summed E-state index contributed by atoms with van der Waals surface area (Å²) in [6.07, 6.45) is 1.88. The Morgan fingerprint density at radius 1 is 1.48 bits per heavy atom. The fourth-order valence-electron chi connectivity index (χ4n) is 3.38. The number of rotatable bonds is 6. The van der Waals surface area contributed by atoms with E-state index < -0.39 is 11.4 Å². The van der Waals surface area contributed by atoms with Gasteiger partial charge in [0.2, 0.25) is 0 Å². The van der Waals surface area contributed by atoms with E-state index >= 15 is 0 Å². The fourth-order valence-corrected chi connectivity index (χ4v) is 4.22. The molecule has 2 N–H and O–H groups in total. The van der Waals surface area contributed by atoms with E-state index in [9.17, 15) is 15.0 Å². The summed E-state index contributed by atoms with van der Waals surface area (Å²) in [4.78, 5) is 18.6. The quantitative estimate of drug-likeness (QED) is 0.822. The molecule has 1 aromatic heterocycles. The Morgan fingerprint density at radius 3 is 3.00 bits per heavy atom. The molecule has 0 aliphatic carbocycles. The number of ether oxygens (including phenoxy) is 1. The number of piperidine rings is 1. The maximum absolute atomic E-state index is 12.2. The topological polar surface area (TPSA) is 82.9 Å². The van der Waals surface area contributed by atoms with E-state index in [1.165, 1.54) is 11.3 Å². The average molecular weight is 362 g/mol. The molecule has 1 aliphatic heterocycles. The lowest BCUT2D eigenvalue weighted by Crippen LogP contribution is -2.49. The molecule has 1 saturated heterocycles. The van der Waals surface area contributed by atoms with Crippen LogP contribution in [0.2, 0.25) is 0 Å². The highest BCUT2D eigenvalue weighted by Gasteiger charge is 2.43. The van der Waals surface area contributed by atoms with Gasteiger partial charge in [-0.2, -0.15) is 0 Å². The van der Waals surface area contributed by atoms with Crippen LogP contribution < -0.4 is 9.64 Å². The van der Waals surface area contributed by atoms with Crippen LogP contribution in [0.3, 0.4) is 0 Å². The van der Waals surface area contributed by atoms with Crippen molar-refractivity contribution in [1.29, 1.82) is 0 Å². The molecule has 25 heavy (non-hydrogen) atoms. The summed E-state index contributed by atoms with van der Waals surface area (Å²) in [5.41, 5.74) is 0.730. The van der Waals surface area contributed by atoms with Crippen LogP contribution in [0.4, 0.5) is 5.13 Å². The number of benzene rings is 1. The molecule has 0 saturated carbocycles. The predicted octanol–water partition coefficient (Wildman–Crippen LogP) is 2.56. The maximum Gasteiger partial charge on any atom is 0.311 e. The van der Waals surface area contributed by atoms with Gasteiger partial charge in [0.1, 0.15) is 5.75 Å². The first-order valence-corrected chi connectivity index (χ1v) is 9.11. The minimum absolute atomic E-state index is 0.0990. The normalized spacial score (nSPS) is 20.5. The zero-order chi connectivity index (χ0) is 17.9. The number of anilines is 1. The average Bonchev–Trinajstić information content (AvgIpc) is 3.11. The maximum atomic E-state index is 12.2. The molecule has 0 radical (unpaired) electrons. The lowest BCUT2D eigenvalue weighted by atomic mass is 9.75. The van der Waals surface area contributed by atoms with E-state index in [1.54, 1.807) is 7.11 Å². The van der Waals surface area contributed by atoms with Crippen LogP contribution in [-0.4, -0.2) is 41.4 Å². The molecule has 1 atom stereocenters. The van der Waals surface area contributed by atoms with Crippen molar-refractivity contribution in [2.75, 3.05) is 25.1 Å². The zero-order valence-corrected chi connectivity index (χ0v) is 15.0. The number of nitrogens with zero attached hydrogens (tertiary/aromatic N) is 2. The number of thiazole rings is 1. The summed E-state index contributed by atoms with van der Waals surface area (Å²) in [7, 11) is 1.61. The molecule has 3 rings (SSSR count). The lowest BCUT2D eigenvalue weighted by Gasteiger charge is -2.40. The number of aliphatic carboxylic acids is 1. The monoisotopic (exact) mass is 362 g/mol. The SMILES string of the molecule is COc1cccc(C[C@@]2(C(=O)O)CCCN(c3nc(CO)cs3)C2)c1. The summed E-state index contributed by atoms with van der Waals surface area (Å²) in [5, 5.41) is 21.8. The second-order valence-electron chi connectivity index (χ2n) is 6.42. The number of aliphatic hydroxyl groups excluding tert-OH is 1. The van der Waals surface area contributed by atoms with Crippen LogP contribution in [-0.2, 0) is 17.8 Å².